The third-order valence-corrected chi connectivity index (χ3v) is 7.97. The summed E-state index contributed by atoms with van der Waals surface area (Å²) in [5.41, 5.74) is 1.51. The highest BCUT2D eigenvalue weighted by atomic mass is 32.2. The molecule has 0 aliphatic heterocycles. The molecule has 4 rings (SSSR count). The number of aromatic nitrogens is 3. The summed E-state index contributed by atoms with van der Waals surface area (Å²) >= 11 is 1.29. The predicted octanol–water partition coefficient (Wildman–Crippen LogP) is 6.04. The summed E-state index contributed by atoms with van der Waals surface area (Å²) in [6.07, 6.45) is 0. The first kappa shape index (κ1) is 32.2. The molecule has 0 aliphatic rings. The lowest BCUT2D eigenvalue weighted by atomic mass is 10.1. The molecule has 0 radical (unpaired) electrons. The van der Waals surface area contributed by atoms with E-state index in [1.165, 1.54) is 26.0 Å². The zero-order chi connectivity index (χ0) is 31.1. The van der Waals surface area contributed by atoms with Crippen LogP contribution in [-0.4, -0.2) is 50.6 Å². The maximum atomic E-state index is 11.6. The van der Waals surface area contributed by atoms with E-state index < -0.39 is 15.4 Å². The molecule has 17 nitrogen and oxygen atoms in total. The summed E-state index contributed by atoms with van der Waals surface area (Å²) < 4.78 is 41.6. The minimum absolute atomic E-state index is 0.000953. The van der Waals surface area contributed by atoms with E-state index >= 15 is 0 Å². The molecule has 1 atom stereocenters. The second kappa shape index (κ2) is 14.2. The second-order valence-electron chi connectivity index (χ2n) is 8.43. The Hall–Kier alpha value is -3.70. The van der Waals surface area contributed by atoms with Crippen LogP contribution in [0.5, 0.6) is 5.75 Å². The Balaban J connectivity index is 1.70. The minimum atomic E-state index is -4.44. The van der Waals surface area contributed by atoms with Gasteiger partial charge in [0.1, 0.15) is 28.2 Å². The van der Waals surface area contributed by atoms with E-state index in [1.54, 1.807) is 37.4 Å². The van der Waals surface area contributed by atoms with E-state index in [0.717, 1.165) is 0 Å². The predicted molar refractivity (Wildman–Crippen MR) is 155 cm³/mol. The lowest BCUT2D eigenvalue weighted by molar-refractivity contribution is -0.432. The lowest BCUT2D eigenvalue weighted by Crippen LogP contribution is -2.14. The highest BCUT2D eigenvalue weighted by Crippen LogP contribution is 2.43. The van der Waals surface area contributed by atoms with Crippen LogP contribution in [-0.2, 0) is 28.9 Å². The van der Waals surface area contributed by atoms with E-state index in [-0.39, 0.29) is 29.0 Å². The lowest BCUT2D eigenvalue weighted by Gasteiger charge is -2.12. The summed E-state index contributed by atoms with van der Waals surface area (Å²) in [5.74, 6) is -0.0954. The van der Waals surface area contributed by atoms with Gasteiger partial charge in [-0.1, -0.05) is 16.1 Å². The Bertz CT molecular complexity index is 1760. The number of hydrogen-bond donors (Lipinski definition) is 6. The number of nitrogens with zero attached hydrogens (tertiary/aromatic N) is 5. The molecule has 0 saturated carbocycles. The molecule has 0 amide bonds. The highest BCUT2D eigenvalue weighted by molar-refractivity contribution is 7.94. The zero-order valence-corrected chi connectivity index (χ0v) is 24.8. The van der Waals surface area contributed by atoms with Crippen molar-refractivity contribution in [2.24, 2.45) is 10.2 Å². The normalized spacial score (nSPS) is 12.6. The highest BCUT2D eigenvalue weighted by Gasteiger charge is 2.24. The van der Waals surface area contributed by atoms with Gasteiger partial charge in [0.15, 0.2) is 5.82 Å². The third-order valence-electron chi connectivity index (χ3n) is 5.68. The van der Waals surface area contributed by atoms with Crippen molar-refractivity contribution in [3.05, 3.63) is 54.1 Å². The summed E-state index contributed by atoms with van der Waals surface area (Å²) in [6, 6.07) is 11.2. The Morgan fingerprint density at radius 1 is 0.977 bits per heavy atom. The topological polar surface area (TPSA) is 239 Å². The number of benzene rings is 3. The number of aryl methyl sites for hydroxylation is 1. The molecule has 3 aromatic carbocycles. The zero-order valence-electron chi connectivity index (χ0n) is 22.3. The standard InChI is InChI=1S/C23H23N7O10S3/c1-11(43(34,35)36)22-25-12(2)26-23(28-22)27-14-5-7-16(19(9-14)42-40-38-33)29-30-21-17(24-3)6-4-13-8-15(41-39-37-32)10-18(31)20(13)21/h4-11,24,31-33H,1-3H3,(H,34,35,36)(H,25,26,27,28). The van der Waals surface area contributed by atoms with Gasteiger partial charge in [-0.25, -0.2) is 15.5 Å². The molecule has 6 N–H and O–H groups in total. The third kappa shape index (κ3) is 8.03. The van der Waals surface area contributed by atoms with Crippen molar-refractivity contribution in [2.45, 2.75) is 28.9 Å². The second-order valence-corrected chi connectivity index (χ2v) is 11.7. The van der Waals surface area contributed by atoms with Crippen molar-refractivity contribution < 1.29 is 47.3 Å². The Morgan fingerprint density at radius 2 is 1.72 bits per heavy atom. The Labute approximate surface area is 252 Å². The van der Waals surface area contributed by atoms with E-state index in [4.69, 9.17) is 10.5 Å². The minimum Gasteiger partial charge on any atom is -0.507 e. The first-order valence-corrected chi connectivity index (χ1v) is 14.8. The fourth-order valence-electron chi connectivity index (χ4n) is 3.71. The first-order chi connectivity index (χ1) is 20.5. The smallest absolute Gasteiger partial charge is 0.274 e. The number of nitrogens with one attached hydrogen (secondary N) is 2. The molecule has 0 bridgehead atoms. The van der Waals surface area contributed by atoms with Gasteiger partial charge < -0.3 is 15.7 Å². The van der Waals surface area contributed by atoms with Crippen LogP contribution in [0.15, 0.2) is 62.5 Å². The maximum absolute atomic E-state index is 11.6. The van der Waals surface area contributed by atoms with Crippen LogP contribution in [0, 0.1) is 6.92 Å². The number of azo groups is 1. The van der Waals surface area contributed by atoms with Gasteiger partial charge >= 0.3 is 0 Å². The molecule has 228 valence electrons. The van der Waals surface area contributed by atoms with Gasteiger partial charge in [0.05, 0.1) is 40.1 Å². The fourth-order valence-corrected chi connectivity index (χ4v) is 4.99. The number of phenols is 1. The summed E-state index contributed by atoms with van der Waals surface area (Å²) in [4.78, 5) is 13.0. The summed E-state index contributed by atoms with van der Waals surface area (Å²) in [6.45, 7) is 2.77. The average molecular weight is 654 g/mol. The summed E-state index contributed by atoms with van der Waals surface area (Å²) in [7, 11) is -2.77. The van der Waals surface area contributed by atoms with Gasteiger partial charge in [0.25, 0.3) is 10.1 Å². The molecule has 1 unspecified atom stereocenters. The average Bonchev–Trinajstić information content (AvgIpc) is 2.97. The van der Waals surface area contributed by atoms with Gasteiger partial charge in [0.2, 0.25) is 5.95 Å². The number of rotatable bonds is 13. The largest absolute Gasteiger partial charge is 0.507 e. The molecular weight excluding hydrogens is 630 g/mol. The monoisotopic (exact) mass is 653 g/mol. The molecule has 0 saturated heterocycles. The van der Waals surface area contributed by atoms with E-state index in [0.29, 0.717) is 61.7 Å². The van der Waals surface area contributed by atoms with Crippen LogP contribution in [0.4, 0.5) is 28.7 Å². The van der Waals surface area contributed by atoms with Crippen molar-refractivity contribution in [1.29, 1.82) is 0 Å². The maximum Gasteiger partial charge on any atom is 0.274 e. The quantitative estimate of drug-likeness (QED) is 0.0316. The Morgan fingerprint density at radius 3 is 2.42 bits per heavy atom. The first-order valence-electron chi connectivity index (χ1n) is 11.8. The van der Waals surface area contributed by atoms with Crippen molar-refractivity contribution in [2.75, 3.05) is 17.7 Å². The fraction of sp³-hybridized carbons (Fsp3) is 0.174. The SMILES string of the molecule is CNc1ccc2cc(SOOO)cc(O)c2c1N=Nc1ccc(Nc2nc(C)nc(C(C)S(=O)(=O)O)n2)cc1SOOO. The molecule has 0 aliphatic carbocycles. The van der Waals surface area contributed by atoms with Crippen LogP contribution in [0.2, 0.25) is 0 Å². The van der Waals surface area contributed by atoms with Gasteiger partial charge in [-0.05, 0) is 55.6 Å². The molecule has 4 aromatic rings. The summed E-state index contributed by atoms with van der Waals surface area (Å²) in [5, 5.41) is 49.4. The molecular formula is C23H23N7O10S3. The number of hydrogen-bond acceptors (Lipinski definition) is 18. The molecule has 0 fully saturated rings. The molecule has 1 aromatic heterocycles. The number of anilines is 3. The van der Waals surface area contributed by atoms with Crippen molar-refractivity contribution in [3.8, 4) is 5.75 Å². The van der Waals surface area contributed by atoms with Crippen LogP contribution >= 0.6 is 24.1 Å². The van der Waals surface area contributed by atoms with Crippen molar-refractivity contribution in [3.63, 3.8) is 0 Å². The number of aromatic hydroxyl groups is 1. The van der Waals surface area contributed by atoms with Crippen molar-refractivity contribution >= 4 is 73.7 Å². The van der Waals surface area contributed by atoms with Gasteiger partial charge in [-0.3, -0.25) is 4.55 Å². The van der Waals surface area contributed by atoms with E-state index in [1.807, 2.05) is 0 Å². The molecule has 20 heteroatoms. The van der Waals surface area contributed by atoms with Gasteiger partial charge in [-0.2, -0.15) is 18.4 Å². The van der Waals surface area contributed by atoms with Crippen molar-refractivity contribution in [1.82, 2.24) is 15.0 Å². The van der Waals surface area contributed by atoms with Gasteiger partial charge in [-0.15, -0.1) is 18.9 Å². The number of fused-ring (bicyclic) bond motifs is 1. The Kier molecular flexibility index (Phi) is 10.6. The van der Waals surface area contributed by atoms with Crippen LogP contribution in [0.3, 0.4) is 0 Å². The molecule has 43 heavy (non-hydrogen) atoms. The van der Waals surface area contributed by atoms with E-state index in [2.05, 4.69) is 54.6 Å². The van der Waals surface area contributed by atoms with Crippen LogP contribution < -0.4 is 10.6 Å². The van der Waals surface area contributed by atoms with E-state index in [9.17, 15) is 18.1 Å². The van der Waals surface area contributed by atoms with Crippen LogP contribution in [0.25, 0.3) is 10.8 Å². The van der Waals surface area contributed by atoms with Gasteiger partial charge in [0, 0.05) is 17.6 Å². The molecule has 0 spiro atoms. The number of phenolic OH excluding ortho intramolecular Hbond substituents is 1. The molecule has 1 heterocycles. The van der Waals surface area contributed by atoms with Crippen LogP contribution in [0.1, 0.15) is 23.8 Å².